The fourth-order valence-corrected chi connectivity index (χ4v) is 3.84. The lowest BCUT2D eigenvalue weighted by molar-refractivity contribution is -0.106. The van der Waals surface area contributed by atoms with Gasteiger partial charge in [-0.15, -0.1) is 0 Å². The number of Topliss-reactive ketones (excluding diaryl/α,β-unsaturated/α-hetero) is 1. The Kier molecular flexibility index (Phi) is 6.59. The maximum atomic E-state index is 12.8. The molecule has 0 spiro atoms. The zero-order valence-electron chi connectivity index (χ0n) is 14.6. The number of rotatable bonds is 8. The minimum Gasteiger partial charge on any atom is -0.294 e. The van der Waals surface area contributed by atoms with E-state index in [4.69, 9.17) is 0 Å². The van der Waals surface area contributed by atoms with E-state index >= 15 is 0 Å². The summed E-state index contributed by atoms with van der Waals surface area (Å²) >= 11 is 0. The van der Waals surface area contributed by atoms with Crippen LogP contribution in [0.5, 0.6) is 0 Å². The molecule has 9 heteroatoms. The maximum Gasteiger partial charge on any atom is 0.404 e. The molecule has 0 saturated heterocycles. The summed E-state index contributed by atoms with van der Waals surface area (Å²) in [5.41, 5.74) is 0.876. The van der Waals surface area contributed by atoms with E-state index < -0.39 is 22.0 Å². The SMILES string of the molecule is CCCC(=O)c1ccc(N(Cc2cccnc2)S(=O)(=O)CC(F)(F)F)cc1. The van der Waals surface area contributed by atoms with Crippen LogP contribution in [-0.4, -0.2) is 31.1 Å². The number of carbonyl (C=O) groups is 1. The summed E-state index contributed by atoms with van der Waals surface area (Å²) in [7, 11) is -4.68. The first-order valence-electron chi connectivity index (χ1n) is 8.22. The number of benzene rings is 1. The van der Waals surface area contributed by atoms with Crippen molar-refractivity contribution in [3.63, 3.8) is 0 Å². The second kappa shape index (κ2) is 8.51. The van der Waals surface area contributed by atoms with Crippen LogP contribution in [0.2, 0.25) is 0 Å². The van der Waals surface area contributed by atoms with Crippen LogP contribution in [0.1, 0.15) is 35.7 Å². The van der Waals surface area contributed by atoms with Crippen molar-refractivity contribution in [2.75, 3.05) is 10.1 Å². The minimum absolute atomic E-state index is 0.0520. The van der Waals surface area contributed by atoms with Crippen LogP contribution < -0.4 is 4.31 Å². The molecule has 2 rings (SSSR count). The van der Waals surface area contributed by atoms with E-state index in [1.165, 1.54) is 36.7 Å². The summed E-state index contributed by atoms with van der Waals surface area (Å²) in [4.78, 5) is 15.8. The van der Waals surface area contributed by atoms with Crippen molar-refractivity contribution >= 4 is 21.5 Å². The predicted molar refractivity (Wildman–Crippen MR) is 95.9 cm³/mol. The van der Waals surface area contributed by atoms with E-state index in [-0.39, 0.29) is 18.0 Å². The Bertz CT molecular complexity index is 867. The Labute approximate surface area is 155 Å². The van der Waals surface area contributed by atoms with Gasteiger partial charge < -0.3 is 0 Å². The molecule has 27 heavy (non-hydrogen) atoms. The molecule has 0 aliphatic carbocycles. The van der Waals surface area contributed by atoms with Gasteiger partial charge in [0, 0.05) is 24.4 Å². The molecule has 0 amide bonds. The van der Waals surface area contributed by atoms with Gasteiger partial charge in [0.1, 0.15) is 0 Å². The molecule has 0 bridgehead atoms. The highest BCUT2D eigenvalue weighted by molar-refractivity contribution is 7.92. The Balaban J connectivity index is 2.38. The fourth-order valence-electron chi connectivity index (χ4n) is 2.48. The highest BCUT2D eigenvalue weighted by Gasteiger charge is 2.38. The zero-order valence-corrected chi connectivity index (χ0v) is 15.4. The normalized spacial score (nSPS) is 12.0. The third kappa shape index (κ3) is 6.06. The number of carbonyl (C=O) groups excluding carboxylic acids is 1. The van der Waals surface area contributed by atoms with Crippen molar-refractivity contribution in [2.45, 2.75) is 32.5 Å². The van der Waals surface area contributed by atoms with Crippen molar-refractivity contribution in [3.05, 3.63) is 59.9 Å². The lowest BCUT2D eigenvalue weighted by Gasteiger charge is -2.25. The van der Waals surface area contributed by atoms with E-state index in [0.717, 1.165) is 0 Å². The highest BCUT2D eigenvalue weighted by Crippen LogP contribution is 2.26. The van der Waals surface area contributed by atoms with Crippen LogP contribution in [0.4, 0.5) is 18.9 Å². The summed E-state index contributed by atoms with van der Waals surface area (Å²) < 4.78 is 63.7. The second-order valence-corrected chi connectivity index (χ2v) is 7.85. The second-order valence-electron chi connectivity index (χ2n) is 5.96. The molecule has 0 atom stereocenters. The Hall–Kier alpha value is -2.42. The number of hydrogen-bond acceptors (Lipinski definition) is 4. The monoisotopic (exact) mass is 400 g/mol. The number of hydrogen-bond donors (Lipinski definition) is 0. The van der Waals surface area contributed by atoms with Crippen LogP contribution in [0.3, 0.4) is 0 Å². The Morgan fingerprint density at radius 1 is 1.15 bits per heavy atom. The summed E-state index contributed by atoms with van der Waals surface area (Å²) in [5, 5.41) is 0. The fraction of sp³-hybridized carbons (Fsp3) is 0.333. The molecule has 0 unspecified atom stereocenters. The van der Waals surface area contributed by atoms with Crippen LogP contribution in [0.25, 0.3) is 0 Å². The standard InChI is InChI=1S/C18H19F3N2O3S/c1-2-4-17(24)15-6-8-16(9-7-15)23(12-14-5-3-10-22-11-14)27(25,26)13-18(19,20)21/h3,5-11H,2,4,12-13H2,1H3. The van der Waals surface area contributed by atoms with Gasteiger partial charge in [-0.3, -0.25) is 14.1 Å². The van der Waals surface area contributed by atoms with Gasteiger partial charge in [0.15, 0.2) is 11.5 Å². The van der Waals surface area contributed by atoms with Gasteiger partial charge in [0.2, 0.25) is 10.0 Å². The molecule has 0 fully saturated rings. The van der Waals surface area contributed by atoms with Gasteiger partial charge in [-0.25, -0.2) is 8.42 Å². The van der Waals surface area contributed by atoms with E-state index in [1.807, 2.05) is 6.92 Å². The molecule has 0 saturated carbocycles. The van der Waals surface area contributed by atoms with Crippen molar-refractivity contribution in [3.8, 4) is 0 Å². The lowest BCUT2D eigenvalue weighted by atomic mass is 10.1. The molecule has 146 valence electrons. The molecule has 0 aliphatic heterocycles. The predicted octanol–water partition coefficient (Wildman–Crippen LogP) is 3.96. The van der Waals surface area contributed by atoms with Crippen molar-refractivity contribution in [2.24, 2.45) is 0 Å². The van der Waals surface area contributed by atoms with Crippen LogP contribution >= 0.6 is 0 Å². The molecule has 5 nitrogen and oxygen atoms in total. The largest absolute Gasteiger partial charge is 0.404 e. The highest BCUT2D eigenvalue weighted by atomic mass is 32.2. The van der Waals surface area contributed by atoms with E-state index in [2.05, 4.69) is 4.98 Å². The van der Waals surface area contributed by atoms with E-state index in [1.54, 1.807) is 12.1 Å². The van der Waals surface area contributed by atoms with E-state index in [0.29, 0.717) is 28.3 Å². The van der Waals surface area contributed by atoms with Crippen molar-refractivity contribution in [1.82, 2.24) is 4.98 Å². The maximum absolute atomic E-state index is 12.8. The van der Waals surface area contributed by atoms with Gasteiger partial charge in [-0.2, -0.15) is 13.2 Å². The number of aromatic nitrogens is 1. The van der Waals surface area contributed by atoms with Gasteiger partial charge >= 0.3 is 6.18 Å². The summed E-state index contributed by atoms with van der Waals surface area (Å²) in [6.07, 6.45) is -1.01. The molecule has 0 radical (unpaired) electrons. The number of sulfonamides is 1. The number of nitrogens with zero attached hydrogens (tertiary/aromatic N) is 2. The first kappa shape index (κ1) is 20.9. The van der Waals surface area contributed by atoms with Crippen LogP contribution in [0, 0.1) is 0 Å². The average Bonchev–Trinajstić information content (AvgIpc) is 2.59. The van der Waals surface area contributed by atoms with Gasteiger partial charge in [-0.05, 0) is 42.3 Å². The number of halogens is 3. The molecule has 1 heterocycles. The van der Waals surface area contributed by atoms with Crippen molar-refractivity contribution in [1.29, 1.82) is 0 Å². The smallest absolute Gasteiger partial charge is 0.294 e. The van der Waals surface area contributed by atoms with Gasteiger partial charge in [-0.1, -0.05) is 13.0 Å². The lowest BCUT2D eigenvalue weighted by Crippen LogP contribution is -2.37. The van der Waals surface area contributed by atoms with Gasteiger partial charge in [0.25, 0.3) is 0 Å². The minimum atomic E-state index is -4.87. The van der Waals surface area contributed by atoms with E-state index in [9.17, 15) is 26.4 Å². The number of alkyl halides is 3. The van der Waals surface area contributed by atoms with Crippen LogP contribution in [-0.2, 0) is 16.6 Å². The zero-order chi connectivity index (χ0) is 20.1. The first-order chi connectivity index (χ1) is 12.6. The third-order valence-electron chi connectivity index (χ3n) is 3.69. The summed E-state index contributed by atoms with van der Waals surface area (Å²) in [5.74, 6) is -2.09. The first-order valence-corrected chi connectivity index (χ1v) is 9.82. The molecule has 1 aromatic carbocycles. The Morgan fingerprint density at radius 3 is 2.33 bits per heavy atom. The molecular weight excluding hydrogens is 381 g/mol. The van der Waals surface area contributed by atoms with Gasteiger partial charge in [0.05, 0.1) is 12.2 Å². The van der Waals surface area contributed by atoms with Crippen LogP contribution in [0.15, 0.2) is 48.8 Å². The van der Waals surface area contributed by atoms with Crippen molar-refractivity contribution < 1.29 is 26.4 Å². The summed E-state index contributed by atoms with van der Waals surface area (Å²) in [6, 6.07) is 8.67. The molecule has 1 aromatic heterocycles. The number of ketones is 1. The molecule has 0 aliphatic rings. The molecule has 2 aromatic rings. The third-order valence-corrected chi connectivity index (χ3v) is 5.39. The average molecular weight is 400 g/mol. The number of anilines is 1. The molecular formula is C18H19F3N2O3S. The Morgan fingerprint density at radius 2 is 1.81 bits per heavy atom. The topological polar surface area (TPSA) is 67.3 Å². The molecule has 0 N–H and O–H groups in total. The summed E-state index contributed by atoms with van der Waals surface area (Å²) in [6.45, 7) is 1.56. The number of pyridine rings is 1. The quantitative estimate of drug-likeness (QED) is 0.629.